The fourth-order valence-electron chi connectivity index (χ4n) is 1.08. The van der Waals surface area contributed by atoms with Crippen molar-refractivity contribution in [1.82, 2.24) is 9.97 Å². The van der Waals surface area contributed by atoms with E-state index in [1.165, 1.54) is 18.0 Å². The van der Waals surface area contributed by atoms with Gasteiger partial charge >= 0.3 is 0 Å². The summed E-state index contributed by atoms with van der Waals surface area (Å²) in [5.41, 5.74) is 0.647. The number of halogens is 1. The number of fused-ring (bicyclic) bond motifs is 1. The van der Waals surface area contributed by atoms with Crippen LogP contribution in [-0.2, 0) is 4.79 Å². The zero-order chi connectivity index (χ0) is 10.1. The molecule has 74 valence electrons. The third-order valence-corrected chi connectivity index (χ3v) is 3.33. The molecule has 2 rings (SSSR count). The molecule has 1 amide bonds. The first kappa shape index (κ1) is 9.73. The average Bonchev–Trinajstić information content (AvgIpc) is 2.29. The highest BCUT2D eigenvalue weighted by atomic mass is 35.5. The lowest BCUT2D eigenvalue weighted by molar-refractivity contribution is -0.118. The molecule has 1 unspecified atom stereocenters. The Balaban J connectivity index is 2.37. The van der Waals surface area contributed by atoms with E-state index >= 15 is 0 Å². The lowest BCUT2D eigenvalue weighted by Crippen LogP contribution is -2.20. The van der Waals surface area contributed by atoms with Gasteiger partial charge in [-0.1, -0.05) is 6.92 Å². The van der Waals surface area contributed by atoms with Crippen LogP contribution < -0.4 is 5.32 Å². The van der Waals surface area contributed by atoms with E-state index in [4.69, 9.17) is 11.6 Å². The zero-order valence-electron chi connectivity index (χ0n) is 7.45. The first-order valence-corrected chi connectivity index (χ1v) is 5.49. The molecule has 1 aliphatic rings. The number of nitrogens with zero attached hydrogens (tertiary/aromatic N) is 2. The summed E-state index contributed by atoms with van der Waals surface area (Å²) in [6, 6.07) is 0. The highest BCUT2D eigenvalue weighted by Gasteiger charge is 2.21. The van der Waals surface area contributed by atoms with Gasteiger partial charge in [-0.05, 0) is 11.6 Å². The molecule has 14 heavy (non-hydrogen) atoms. The number of carbonyl (C=O) groups is 1. The maximum atomic E-state index is 11.4. The summed E-state index contributed by atoms with van der Waals surface area (Å²) >= 11 is 7.17. The van der Waals surface area contributed by atoms with Crippen LogP contribution in [0, 0.1) is 5.92 Å². The number of anilines is 1. The average molecular weight is 230 g/mol. The first-order valence-electron chi connectivity index (χ1n) is 4.13. The monoisotopic (exact) mass is 229 g/mol. The molecular weight excluding hydrogens is 222 g/mol. The predicted molar refractivity (Wildman–Crippen MR) is 55.6 cm³/mol. The van der Waals surface area contributed by atoms with Gasteiger partial charge in [-0.25, -0.2) is 9.97 Å². The lowest BCUT2D eigenvalue weighted by Gasteiger charge is -2.04. The third kappa shape index (κ3) is 1.83. The lowest BCUT2D eigenvalue weighted by atomic mass is 10.2. The van der Waals surface area contributed by atoms with E-state index in [1.807, 2.05) is 6.92 Å². The van der Waals surface area contributed by atoms with Gasteiger partial charge in [0, 0.05) is 11.7 Å². The molecule has 0 spiro atoms. The van der Waals surface area contributed by atoms with Crippen molar-refractivity contribution >= 4 is 35.0 Å². The molecule has 1 aromatic heterocycles. The standard InChI is InChI=1S/C8H8ClN3OS/c1-4-3-14-7-5(11-6(4)13)2-10-8(9)12-7/h2,4H,3H2,1H3,(H,11,13). The van der Waals surface area contributed by atoms with Gasteiger partial charge in [-0.15, -0.1) is 11.8 Å². The molecule has 1 aromatic rings. The smallest absolute Gasteiger partial charge is 0.228 e. The minimum Gasteiger partial charge on any atom is -0.322 e. The zero-order valence-corrected chi connectivity index (χ0v) is 9.02. The number of thioether (sulfide) groups is 1. The minimum atomic E-state index is -0.0204. The van der Waals surface area contributed by atoms with Gasteiger partial charge in [-0.2, -0.15) is 0 Å². The van der Waals surface area contributed by atoms with E-state index in [0.717, 1.165) is 5.03 Å². The normalized spacial score (nSPS) is 21.0. The van der Waals surface area contributed by atoms with Gasteiger partial charge in [0.2, 0.25) is 11.2 Å². The van der Waals surface area contributed by atoms with Crippen LogP contribution in [0.5, 0.6) is 0 Å². The Morgan fingerprint density at radius 2 is 2.50 bits per heavy atom. The second-order valence-electron chi connectivity index (χ2n) is 3.06. The maximum absolute atomic E-state index is 11.4. The molecule has 0 saturated carbocycles. The van der Waals surface area contributed by atoms with E-state index in [-0.39, 0.29) is 17.1 Å². The van der Waals surface area contributed by atoms with Crippen molar-refractivity contribution in [2.45, 2.75) is 11.9 Å². The van der Waals surface area contributed by atoms with Gasteiger partial charge < -0.3 is 5.32 Å². The van der Waals surface area contributed by atoms with Crippen molar-refractivity contribution in [3.63, 3.8) is 0 Å². The Morgan fingerprint density at radius 1 is 1.71 bits per heavy atom. The van der Waals surface area contributed by atoms with Gasteiger partial charge in [0.1, 0.15) is 5.03 Å². The molecule has 0 fully saturated rings. The molecule has 1 aliphatic heterocycles. The molecule has 1 N–H and O–H groups in total. The predicted octanol–water partition coefficient (Wildman–Crippen LogP) is 1.81. The van der Waals surface area contributed by atoms with E-state index in [9.17, 15) is 4.79 Å². The molecule has 6 heteroatoms. The molecule has 0 bridgehead atoms. The Kier molecular flexibility index (Phi) is 2.60. The SMILES string of the molecule is CC1CSc2nc(Cl)ncc2NC1=O. The van der Waals surface area contributed by atoms with E-state index in [0.29, 0.717) is 11.4 Å². The summed E-state index contributed by atoms with van der Waals surface area (Å²) in [5, 5.41) is 3.70. The summed E-state index contributed by atoms with van der Waals surface area (Å²) in [6.45, 7) is 1.88. The Morgan fingerprint density at radius 3 is 3.29 bits per heavy atom. The quantitative estimate of drug-likeness (QED) is 0.545. The van der Waals surface area contributed by atoms with Crippen molar-refractivity contribution in [3.8, 4) is 0 Å². The number of carbonyl (C=O) groups excluding carboxylic acids is 1. The first-order chi connectivity index (χ1) is 6.66. The second kappa shape index (κ2) is 3.74. The summed E-state index contributed by atoms with van der Waals surface area (Å²) in [5.74, 6) is 0.696. The van der Waals surface area contributed by atoms with Crippen molar-refractivity contribution in [3.05, 3.63) is 11.5 Å². The van der Waals surface area contributed by atoms with Crippen LogP contribution in [-0.4, -0.2) is 21.6 Å². The topological polar surface area (TPSA) is 54.9 Å². The van der Waals surface area contributed by atoms with Crippen LogP contribution in [0.15, 0.2) is 11.2 Å². The largest absolute Gasteiger partial charge is 0.322 e. The minimum absolute atomic E-state index is 0.00201. The van der Waals surface area contributed by atoms with Gasteiger partial charge in [0.15, 0.2) is 0 Å². The number of hydrogen-bond acceptors (Lipinski definition) is 4. The Hall–Kier alpha value is -0.810. The molecule has 1 atom stereocenters. The van der Waals surface area contributed by atoms with Crippen molar-refractivity contribution in [2.75, 3.05) is 11.1 Å². The van der Waals surface area contributed by atoms with Crippen LogP contribution in [0.2, 0.25) is 5.28 Å². The highest BCUT2D eigenvalue weighted by molar-refractivity contribution is 7.99. The molecule has 4 nitrogen and oxygen atoms in total. The number of aromatic nitrogens is 2. The third-order valence-electron chi connectivity index (χ3n) is 1.90. The number of amides is 1. The van der Waals surface area contributed by atoms with E-state index in [2.05, 4.69) is 15.3 Å². The number of rotatable bonds is 0. The number of hydrogen-bond donors (Lipinski definition) is 1. The van der Waals surface area contributed by atoms with E-state index < -0.39 is 0 Å². The van der Waals surface area contributed by atoms with Crippen LogP contribution in [0.1, 0.15) is 6.92 Å². The van der Waals surface area contributed by atoms with Gasteiger partial charge in [0.25, 0.3) is 0 Å². The Bertz CT molecular complexity index is 385. The van der Waals surface area contributed by atoms with Crippen molar-refractivity contribution < 1.29 is 4.79 Å². The molecule has 0 saturated heterocycles. The fraction of sp³-hybridized carbons (Fsp3) is 0.375. The van der Waals surface area contributed by atoms with Crippen LogP contribution >= 0.6 is 23.4 Å². The molecule has 0 aliphatic carbocycles. The fourth-order valence-corrected chi connectivity index (χ4v) is 2.23. The summed E-state index contributed by atoms with van der Waals surface area (Å²) in [7, 11) is 0. The van der Waals surface area contributed by atoms with Gasteiger partial charge in [0.05, 0.1) is 11.9 Å². The van der Waals surface area contributed by atoms with Crippen molar-refractivity contribution in [1.29, 1.82) is 0 Å². The molecule has 0 aromatic carbocycles. The molecular formula is C8H8ClN3OS. The van der Waals surface area contributed by atoms with Crippen LogP contribution in [0.3, 0.4) is 0 Å². The van der Waals surface area contributed by atoms with Crippen LogP contribution in [0.4, 0.5) is 5.69 Å². The van der Waals surface area contributed by atoms with Crippen LogP contribution in [0.25, 0.3) is 0 Å². The summed E-state index contributed by atoms with van der Waals surface area (Å²) in [6.07, 6.45) is 1.54. The van der Waals surface area contributed by atoms with E-state index in [1.54, 1.807) is 0 Å². The Labute approximate surface area is 90.5 Å². The number of nitrogens with one attached hydrogen (secondary N) is 1. The van der Waals surface area contributed by atoms with Gasteiger partial charge in [-0.3, -0.25) is 4.79 Å². The summed E-state index contributed by atoms with van der Waals surface area (Å²) in [4.78, 5) is 19.3. The van der Waals surface area contributed by atoms with Crippen molar-refractivity contribution in [2.24, 2.45) is 5.92 Å². The highest BCUT2D eigenvalue weighted by Crippen LogP contribution is 2.30. The maximum Gasteiger partial charge on any atom is 0.228 e. The second-order valence-corrected chi connectivity index (χ2v) is 4.41. The summed E-state index contributed by atoms with van der Waals surface area (Å²) < 4.78 is 0. The molecule has 0 radical (unpaired) electrons. The molecule has 2 heterocycles.